The first-order valence-corrected chi connectivity index (χ1v) is 14.3. The SMILES string of the molecule is CC1CC(C)C(C)C(C2C(C)C(C)C(C3C(C)C(C)C(C)C(C)C3C)C(C)C2C)C1C. The molecule has 0 spiro atoms. The van der Waals surface area contributed by atoms with Crippen LogP contribution in [0.2, 0.25) is 0 Å². The van der Waals surface area contributed by atoms with Crippen molar-refractivity contribution < 1.29 is 0 Å². The Balaban J connectivity index is 1.93. The molecule has 0 N–H and O–H groups in total. The van der Waals surface area contributed by atoms with Gasteiger partial charge in [0.1, 0.15) is 0 Å². The summed E-state index contributed by atoms with van der Waals surface area (Å²) in [6, 6.07) is 0. The standard InChI is InChI=1S/C31H58/c1-15-14-16(2)18(4)28(17(15)3)30-24(10)26(12)31(27(13)25(30)11)29-22(8)20(6)19(5)21(7)23(29)9/h15-31H,14H2,1-13H3. The predicted octanol–water partition coefficient (Wildman–Crippen LogP) is 9.15. The highest BCUT2D eigenvalue weighted by atomic mass is 14.6. The minimum atomic E-state index is 0.853. The van der Waals surface area contributed by atoms with E-state index in [0.717, 1.165) is 101 Å². The van der Waals surface area contributed by atoms with Crippen molar-refractivity contribution in [3.8, 4) is 0 Å². The minimum absolute atomic E-state index is 0.853. The van der Waals surface area contributed by atoms with Crippen molar-refractivity contribution in [3.63, 3.8) is 0 Å². The van der Waals surface area contributed by atoms with Gasteiger partial charge in [-0.05, 0) is 107 Å². The molecule has 3 rings (SSSR count). The summed E-state index contributed by atoms with van der Waals surface area (Å²) in [5.41, 5.74) is 0. The molecule has 31 heavy (non-hydrogen) atoms. The molecule has 0 radical (unpaired) electrons. The zero-order valence-electron chi connectivity index (χ0n) is 23.5. The van der Waals surface area contributed by atoms with E-state index in [0.29, 0.717) is 0 Å². The first-order valence-electron chi connectivity index (χ1n) is 14.3. The molecule has 0 aromatic rings. The Kier molecular flexibility index (Phi) is 7.71. The highest BCUT2D eigenvalue weighted by Crippen LogP contribution is 2.60. The van der Waals surface area contributed by atoms with E-state index in [-0.39, 0.29) is 0 Å². The van der Waals surface area contributed by atoms with Crippen molar-refractivity contribution in [1.82, 2.24) is 0 Å². The van der Waals surface area contributed by atoms with Gasteiger partial charge in [0.2, 0.25) is 0 Å². The van der Waals surface area contributed by atoms with E-state index in [9.17, 15) is 0 Å². The smallest absolute Gasteiger partial charge is 0.0324 e. The quantitative estimate of drug-likeness (QED) is 0.409. The van der Waals surface area contributed by atoms with Crippen LogP contribution in [0.25, 0.3) is 0 Å². The van der Waals surface area contributed by atoms with Gasteiger partial charge in [-0.25, -0.2) is 0 Å². The fraction of sp³-hybridized carbons (Fsp3) is 1.00. The van der Waals surface area contributed by atoms with Crippen LogP contribution in [0.4, 0.5) is 0 Å². The Morgan fingerprint density at radius 1 is 0.258 bits per heavy atom. The first kappa shape index (κ1) is 25.6. The van der Waals surface area contributed by atoms with Gasteiger partial charge in [0.15, 0.2) is 0 Å². The largest absolute Gasteiger partial charge is 0.0622 e. The van der Waals surface area contributed by atoms with E-state index >= 15 is 0 Å². The average molecular weight is 431 g/mol. The zero-order valence-corrected chi connectivity index (χ0v) is 23.5. The van der Waals surface area contributed by atoms with Crippen molar-refractivity contribution in [2.75, 3.05) is 0 Å². The van der Waals surface area contributed by atoms with Gasteiger partial charge in [-0.1, -0.05) is 90.0 Å². The van der Waals surface area contributed by atoms with E-state index in [1.165, 1.54) is 6.42 Å². The summed E-state index contributed by atoms with van der Waals surface area (Å²) in [5.74, 6) is 14.9. The van der Waals surface area contributed by atoms with Gasteiger partial charge in [-0.3, -0.25) is 0 Å². The molecule has 0 bridgehead atoms. The summed E-state index contributed by atoms with van der Waals surface area (Å²) < 4.78 is 0. The van der Waals surface area contributed by atoms with Gasteiger partial charge < -0.3 is 0 Å². The van der Waals surface area contributed by atoms with Crippen molar-refractivity contribution in [3.05, 3.63) is 0 Å². The van der Waals surface area contributed by atoms with Crippen LogP contribution in [-0.2, 0) is 0 Å². The molecule has 0 amide bonds. The van der Waals surface area contributed by atoms with Crippen LogP contribution in [0.15, 0.2) is 0 Å². The lowest BCUT2D eigenvalue weighted by atomic mass is 9.45. The highest BCUT2D eigenvalue weighted by Gasteiger charge is 2.55. The van der Waals surface area contributed by atoms with Crippen molar-refractivity contribution in [2.45, 2.75) is 96.4 Å². The van der Waals surface area contributed by atoms with Crippen LogP contribution >= 0.6 is 0 Å². The Hall–Kier alpha value is 0. The molecule has 0 heterocycles. The highest BCUT2D eigenvalue weighted by molar-refractivity contribution is 5.03. The Labute approximate surface area is 197 Å². The van der Waals surface area contributed by atoms with Crippen LogP contribution in [0.3, 0.4) is 0 Å². The van der Waals surface area contributed by atoms with E-state index in [2.05, 4.69) is 90.0 Å². The fourth-order valence-electron chi connectivity index (χ4n) is 10.0. The average Bonchev–Trinajstić information content (AvgIpc) is 2.72. The summed E-state index contributed by atoms with van der Waals surface area (Å²) >= 11 is 0. The van der Waals surface area contributed by atoms with Crippen LogP contribution in [0, 0.1) is 101 Å². The van der Waals surface area contributed by atoms with Crippen LogP contribution in [-0.4, -0.2) is 0 Å². The summed E-state index contributed by atoms with van der Waals surface area (Å²) in [7, 11) is 0. The van der Waals surface area contributed by atoms with Crippen molar-refractivity contribution in [1.29, 1.82) is 0 Å². The molecule has 3 aliphatic rings. The van der Waals surface area contributed by atoms with E-state index < -0.39 is 0 Å². The van der Waals surface area contributed by atoms with Gasteiger partial charge in [-0.15, -0.1) is 0 Å². The number of hydrogen-bond donors (Lipinski definition) is 0. The van der Waals surface area contributed by atoms with Crippen LogP contribution in [0.1, 0.15) is 96.4 Å². The zero-order chi connectivity index (χ0) is 23.5. The van der Waals surface area contributed by atoms with Crippen LogP contribution in [0.5, 0.6) is 0 Å². The molecular weight excluding hydrogens is 372 g/mol. The lowest BCUT2D eigenvalue weighted by Gasteiger charge is -2.60. The molecule has 182 valence electrons. The minimum Gasteiger partial charge on any atom is -0.0622 e. The molecule has 12 unspecified atom stereocenters. The third kappa shape index (κ3) is 4.07. The van der Waals surface area contributed by atoms with Gasteiger partial charge in [-0.2, -0.15) is 0 Å². The molecule has 0 nitrogen and oxygen atoms in total. The van der Waals surface area contributed by atoms with E-state index in [4.69, 9.17) is 0 Å². The maximum atomic E-state index is 2.67. The summed E-state index contributed by atoms with van der Waals surface area (Å²) in [5, 5.41) is 0. The van der Waals surface area contributed by atoms with Crippen LogP contribution < -0.4 is 0 Å². The second kappa shape index (κ2) is 9.33. The lowest BCUT2D eigenvalue weighted by Crippen LogP contribution is -2.55. The molecule has 0 saturated heterocycles. The number of hydrogen-bond acceptors (Lipinski definition) is 0. The van der Waals surface area contributed by atoms with Gasteiger partial charge in [0.05, 0.1) is 0 Å². The van der Waals surface area contributed by atoms with E-state index in [1.807, 2.05) is 0 Å². The Bertz CT molecular complexity index is 547. The van der Waals surface area contributed by atoms with Gasteiger partial charge >= 0.3 is 0 Å². The summed E-state index contributed by atoms with van der Waals surface area (Å²) in [6.45, 7) is 33.9. The summed E-state index contributed by atoms with van der Waals surface area (Å²) in [4.78, 5) is 0. The molecule has 12 atom stereocenters. The molecule has 0 aromatic heterocycles. The molecule has 0 aromatic carbocycles. The normalized spacial score (nSPS) is 61.3. The van der Waals surface area contributed by atoms with Gasteiger partial charge in [0, 0.05) is 0 Å². The third-order valence-corrected chi connectivity index (χ3v) is 13.3. The van der Waals surface area contributed by atoms with Crippen molar-refractivity contribution >= 4 is 0 Å². The maximum Gasteiger partial charge on any atom is -0.0324 e. The maximum absolute atomic E-state index is 2.67. The molecule has 3 saturated carbocycles. The van der Waals surface area contributed by atoms with Crippen molar-refractivity contribution in [2.24, 2.45) is 101 Å². The first-order chi connectivity index (χ1) is 14.3. The molecule has 3 fully saturated rings. The Morgan fingerprint density at radius 2 is 0.452 bits per heavy atom. The van der Waals surface area contributed by atoms with E-state index in [1.54, 1.807) is 0 Å². The summed E-state index contributed by atoms with van der Waals surface area (Å²) in [6.07, 6.45) is 1.44. The predicted molar refractivity (Wildman–Crippen MR) is 138 cm³/mol. The molecule has 0 aliphatic heterocycles. The number of rotatable bonds is 2. The monoisotopic (exact) mass is 430 g/mol. The molecule has 0 heteroatoms. The molecular formula is C31H58. The second-order valence-corrected chi connectivity index (χ2v) is 13.9. The Morgan fingerprint density at radius 3 is 0.742 bits per heavy atom. The second-order valence-electron chi connectivity index (χ2n) is 13.9. The topological polar surface area (TPSA) is 0 Å². The fourth-order valence-corrected chi connectivity index (χ4v) is 10.0. The lowest BCUT2D eigenvalue weighted by molar-refractivity contribution is -0.125. The molecule has 3 aliphatic carbocycles. The van der Waals surface area contributed by atoms with Gasteiger partial charge in [0.25, 0.3) is 0 Å². The third-order valence-electron chi connectivity index (χ3n) is 13.3.